The highest BCUT2D eigenvalue weighted by Gasteiger charge is 2.16. The number of esters is 1. The molecule has 19 heavy (non-hydrogen) atoms. The Kier molecular flexibility index (Phi) is 5.54. The van der Waals surface area contributed by atoms with Crippen molar-refractivity contribution in [1.82, 2.24) is 0 Å². The fourth-order valence-electron chi connectivity index (χ4n) is 1.44. The number of hydrogen-bond acceptors (Lipinski definition) is 5. The van der Waals surface area contributed by atoms with Crippen molar-refractivity contribution >= 4 is 23.4 Å². The molecule has 0 unspecified atom stereocenters. The van der Waals surface area contributed by atoms with Gasteiger partial charge in [-0.25, -0.2) is 0 Å². The number of hydrogen-bond donors (Lipinski definition) is 1. The molecule has 5 heteroatoms. The zero-order chi connectivity index (χ0) is 14.5. The summed E-state index contributed by atoms with van der Waals surface area (Å²) in [5.41, 5.74) is 5.96. The van der Waals surface area contributed by atoms with Gasteiger partial charge >= 0.3 is 5.97 Å². The van der Waals surface area contributed by atoms with E-state index in [1.807, 2.05) is 39.8 Å². The van der Waals surface area contributed by atoms with Gasteiger partial charge in [-0.3, -0.25) is 4.79 Å². The zero-order valence-electron chi connectivity index (χ0n) is 11.9. The summed E-state index contributed by atoms with van der Waals surface area (Å²) in [7, 11) is 0. The van der Waals surface area contributed by atoms with E-state index in [2.05, 4.69) is 0 Å². The van der Waals surface area contributed by atoms with E-state index < -0.39 is 5.60 Å². The average molecular weight is 283 g/mol. The third kappa shape index (κ3) is 6.38. The van der Waals surface area contributed by atoms with Crippen molar-refractivity contribution in [3.8, 4) is 5.75 Å². The first kappa shape index (κ1) is 15.7. The van der Waals surface area contributed by atoms with Gasteiger partial charge in [0.15, 0.2) is 0 Å². The molecule has 0 radical (unpaired) electrons. The number of ether oxygens (including phenoxy) is 2. The highest BCUT2D eigenvalue weighted by Crippen LogP contribution is 2.27. The smallest absolute Gasteiger partial charge is 0.316 e. The number of nitrogens with two attached hydrogens (primary N) is 1. The minimum absolute atomic E-state index is 0.238. The Labute approximate surface area is 118 Å². The van der Waals surface area contributed by atoms with Crippen molar-refractivity contribution in [3.05, 3.63) is 18.2 Å². The predicted molar refractivity (Wildman–Crippen MR) is 78.6 cm³/mol. The van der Waals surface area contributed by atoms with Crippen molar-refractivity contribution in [3.63, 3.8) is 0 Å². The molecule has 0 fully saturated rings. The summed E-state index contributed by atoms with van der Waals surface area (Å²) in [5, 5.41) is 0. The first-order valence-corrected chi connectivity index (χ1v) is 7.16. The summed E-state index contributed by atoms with van der Waals surface area (Å²) in [5.74, 6) is 0.735. The monoisotopic (exact) mass is 283 g/mol. The lowest BCUT2D eigenvalue weighted by Gasteiger charge is -2.19. The summed E-state index contributed by atoms with van der Waals surface area (Å²) in [6, 6.07) is 5.45. The molecule has 4 nitrogen and oxygen atoms in total. The standard InChI is InChI=1S/C14H21NO3S/c1-5-17-11-6-10(15)7-12(8-11)19-9-13(16)18-14(2,3)4/h6-8H,5,9,15H2,1-4H3. The lowest BCUT2D eigenvalue weighted by atomic mass is 10.2. The van der Waals surface area contributed by atoms with E-state index in [1.165, 1.54) is 11.8 Å². The molecule has 0 bridgehead atoms. The van der Waals surface area contributed by atoms with Crippen LogP contribution in [0.1, 0.15) is 27.7 Å². The van der Waals surface area contributed by atoms with Crippen LogP contribution >= 0.6 is 11.8 Å². The maximum absolute atomic E-state index is 11.6. The molecule has 0 amide bonds. The van der Waals surface area contributed by atoms with E-state index in [-0.39, 0.29) is 11.7 Å². The molecular weight excluding hydrogens is 262 g/mol. The lowest BCUT2D eigenvalue weighted by molar-refractivity contribution is -0.151. The molecule has 0 aromatic heterocycles. The highest BCUT2D eigenvalue weighted by atomic mass is 32.2. The van der Waals surface area contributed by atoms with Crippen LogP contribution in [-0.4, -0.2) is 23.9 Å². The topological polar surface area (TPSA) is 61.5 Å². The fourth-order valence-corrected chi connectivity index (χ4v) is 2.20. The first-order chi connectivity index (χ1) is 8.80. The normalized spacial score (nSPS) is 11.2. The molecule has 0 saturated carbocycles. The number of carbonyl (C=O) groups is 1. The first-order valence-electron chi connectivity index (χ1n) is 6.18. The van der Waals surface area contributed by atoms with Crippen molar-refractivity contribution in [2.24, 2.45) is 0 Å². The zero-order valence-corrected chi connectivity index (χ0v) is 12.7. The van der Waals surface area contributed by atoms with Crippen LogP contribution in [0.5, 0.6) is 5.75 Å². The van der Waals surface area contributed by atoms with Crippen molar-refractivity contribution < 1.29 is 14.3 Å². The van der Waals surface area contributed by atoms with Crippen molar-refractivity contribution in [2.75, 3.05) is 18.1 Å². The number of carbonyl (C=O) groups excluding carboxylic acids is 1. The highest BCUT2D eigenvalue weighted by molar-refractivity contribution is 8.00. The van der Waals surface area contributed by atoms with Crippen LogP contribution in [0.3, 0.4) is 0 Å². The van der Waals surface area contributed by atoms with Gasteiger partial charge < -0.3 is 15.2 Å². The third-order valence-corrected chi connectivity index (χ3v) is 2.94. The second kappa shape index (κ2) is 6.70. The third-order valence-electron chi connectivity index (χ3n) is 1.99. The van der Waals surface area contributed by atoms with E-state index in [1.54, 1.807) is 6.07 Å². The maximum Gasteiger partial charge on any atom is 0.316 e. The van der Waals surface area contributed by atoms with E-state index in [0.717, 1.165) is 4.90 Å². The molecule has 0 aliphatic carbocycles. The van der Waals surface area contributed by atoms with E-state index in [9.17, 15) is 4.79 Å². The van der Waals surface area contributed by atoms with Crippen LogP contribution < -0.4 is 10.5 Å². The van der Waals surface area contributed by atoms with Crippen LogP contribution in [0.15, 0.2) is 23.1 Å². The molecule has 1 aromatic carbocycles. The molecule has 1 aromatic rings. The van der Waals surface area contributed by atoms with Gasteiger partial charge in [0, 0.05) is 16.6 Å². The lowest BCUT2D eigenvalue weighted by Crippen LogP contribution is -2.24. The molecule has 0 aliphatic rings. The average Bonchev–Trinajstić information content (AvgIpc) is 2.24. The van der Waals surface area contributed by atoms with E-state index in [0.29, 0.717) is 18.0 Å². The van der Waals surface area contributed by atoms with Crippen molar-refractivity contribution in [1.29, 1.82) is 0 Å². The molecule has 2 N–H and O–H groups in total. The maximum atomic E-state index is 11.6. The van der Waals surface area contributed by atoms with Crippen LogP contribution in [-0.2, 0) is 9.53 Å². The quantitative estimate of drug-likeness (QED) is 0.511. The number of benzene rings is 1. The molecular formula is C14H21NO3S. The summed E-state index contributed by atoms with van der Waals surface area (Å²) < 4.78 is 10.7. The molecule has 0 aliphatic heterocycles. The van der Waals surface area contributed by atoms with Gasteiger partial charge in [-0.05, 0) is 39.8 Å². The van der Waals surface area contributed by atoms with Crippen molar-refractivity contribution in [2.45, 2.75) is 38.2 Å². The second-order valence-electron chi connectivity index (χ2n) is 5.05. The summed E-state index contributed by atoms with van der Waals surface area (Å²) in [6.07, 6.45) is 0. The number of thioether (sulfide) groups is 1. The summed E-state index contributed by atoms with van der Waals surface area (Å²) >= 11 is 1.39. The second-order valence-corrected chi connectivity index (χ2v) is 6.09. The Morgan fingerprint density at radius 2 is 2.00 bits per heavy atom. The number of rotatable bonds is 5. The minimum atomic E-state index is -0.455. The van der Waals surface area contributed by atoms with Crippen LogP contribution in [0.4, 0.5) is 5.69 Å². The van der Waals surface area contributed by atoms with Gasteiger partial charge in [-0.2, -0.15) is 0 Å². The molecule has 0 spiro atoms. The van der Waals surface area contributed by atoms with Crippen LogP contribution in [0.25, 0.3) is 0 Å². The molecule has 1 rings (SSSR count). The SMILES string of the molecule is CCOc1cc(N)cc(SCC(=O)OC(C)(C)C)c1. The van der Waals surface area contributed by atoms with Gasteiger partial charge in [0.25, 0.3) is 0 Å². The van der Waals surface area contributed by atoms with Gasteiger partial charge in [0.05, 0.1) is 12.4 Å². The minimum Gasteiger partial charge on any atom is -0.494 e. The molecule has 0 saturated heterocycles. The van der Waals surface area contributed by atoms with Crippen LogP contribution in [0.2, 0.25) is 0 Å². The van der Waals surface area contributed by atoms with Crippen LogP contribution in [0, 0.1) is 0 Å². The Balaban J connectivity index is 2.60. The Morgan fingerprint density at radius 1 is 1.32 bits per heavy atom. The fraction of sp³-hybridized carbons (Fsp3) is 0.500. The van der Waals surface area contributed by atoms with E-state index >= 15 is 0 Å². The number of nitrogen functional groups attached to an aromatic ring is 1. The van der Waals surface area contributed by atoms with Gasteiger partial charge in [-0.1, -0.05) is 0 Å². The Hall–Kier alpha value is -1.36. The summed E-state index contributed by atoms with van der Waals surface area (Å²) in [6.45, 7) is 8.05. The largest absolute Gasteiger partial charge is 0.494 e. The van der Waals surface area contributed by atoms with Gasteiger partial charge in [0.1, 0.15) is 11.4 Å². The van der Waals surface area contributed by atoms with Gasteiger partial charge in [-0.15, -0.1) is 11.8 Å². The molecule has 0 heterocycles. The van der Waals surface area contributed by atoms with Gasteiger partial charge in [0.2, 0.25) is 0 Å². The molecule has 106 valence electrons. The Bertz CT molecular complexity index is 441. The number of anilines is 1. The molecule has 0 atom stereocenters. The Morgan fingerprint density at radius 3 is 2.58 bits per heavy atom. The predicted octanol–water partition coefficient (Wildman–Crippen LogP) is 3.10. The summed E-state index contributed by atoms with van der Waals surface area (Å²) in [4.78, 5) is 12.5. The van der Waals surface area contributed by atoms with E-state index in [4.69, 9.17) is 15.2 Å².